The molecule has 0 amide bonds. The lowest BCUT2D eigenvalue weighted by Crippen LogP contribution is -2.27. The third-order valence-electron chi connectivity index (χ3n) is 6.28. The number of nitrogens with zero attached hydrogens (tertiary/aromatic N) is 1. The highest BCUT2D eigenvalue weighted by Crippen LogP contribution is 2.49. The molecular weight excluding hydrogens is 334 g/mol. The highest BCUT2D eigenvalue weighted by molar-refractivity contribution is 6.26. The number of rotatable bonds is 5. The van der Waals surface area contributed by atoms with E-state index >= 15 is 0 Å². The van der Waals surface area contributed by atoms with Crippen molar-refractivity contribution in [3.05, 3.63) is 40.6 Å². The molecule has 0 aromatic heterocycles. The molecule has 3 nitrogen and oxygen atoms in total. The van der Waals surface area contributed by atoms with E-state index in [4.69, 9.17) is 4.74 Å². The number of hydrogen-bond acceptors (Lipinski definition) is 2. The molecule has 1 atom stereocenters. The molecule has 1 aliphatic carbocycles. The Hall–Kier alpha value is -2.03. The largest absolute Gasteiger partial charge is 0.618 e. The molecule has 2 aliphatic heterocycles. The lowest BCUT2D eigenvalue weighted by Gasteiger charge is -2.30. The van der Waals surface area contributed by atoms with E-state index in [0.29, 0.717) is 0 Å². The minimum absolute atomic E-state index is 0.194. The zero-order valence-electron chi connectivity index (χ0n) is 17.1. The topological polar surface area (TPSA) is 35.3 Å². The van der Waals surface area contributed by atoms with E-state index in [1.807, 2.05) is 26.0 Å². The standard InChI is InChI=1S/C24H31NO2/c1-5-6-7-8-13-24(4)15-12-20-19(16-24)17-9-10-21-18(22(17)25(20)26)11-14-23(2,3)27-21/h9-11,14,16H,5-8,12-13,15H2,1-4H3. The fraction of sp³-hybridized carbons (Fsp3) is 0.542. The predicted molar refractivity (Wildman–Crippen MR) is 113 cm³/mol. The molecule has 0 spiro atoms. The highest BCUT2D eigenvalue weighted by Gasteiger charge is 2.41. The summed E-state index contributed by atoms with van der Waals surface area (Å²) in [5, 5.41) is 13.1. The quantitative estimate of drug-likeness (QED) is 0.334. The van der Waals surface area contributed by atoms with Crippen LogP contribution in [-0.2, 0) is 0 Å². The fourth-order valence-electron chi connectivity index (χ4n) is 4.65. The van der Waals surface area contributed by atoms with Crippen LogP contribution in [0.2, 0.25) is 0 Å². The molecule has 3 heteroatoms. The molecule has 0 fully saturated rings. The molecular formula is C24H31NO2. The smallest absolute Gasteiger partial charge is 0.235 e. The zero-order chi connectivity index (χ0) is 19.2. The number of ether oxygens (including phenoxy) is 1. The minimum Gasteiger partial charge on any atom is -0.618 e. The van der Waals surface area contributed by atoms with E-state index < -0.39 is 0 Å². The molecule has 0 radical (unpaired) electrons. The Labute approximate surface area is 163 Å². The van der Waals surface area contributed by atoms with Gasteiger partial charge in [0, 0.05) is 6.42 Å². The maximum absolute atomic E-state index is 13.1. The summed E-state index contributed by atoms with van der Waals surface area (Å²) in [6, 6.07) is 4.11. The van der Waals surface area contributed by atoms with Gasteiger partial charge in [-0.3, -0.25) is 0 Å². The van der Waals surface area contributed by atoms with Gasteiger partial charge < -0.3 is 9.94 Å². The van der Waals surface area contributed by atoms with Gasteiger partial charge in [0.15, 0.2) is 0 Å². The van der Waals surface area contributed by atoms with Crippen LogP contribution >= 0.6 is 0 Å². The van der Waals surface area contributed by atoms with Crippen LogP contribution in [0.1, 0.15) is 83.8 Å². The van der Waals surface area contributed by atoms with Gasteiger partial charge in [-0.05, 0) is 56.4 Å². The predicted octanol–water partition coefficient (Wildman–Crippen LogP) is 6.62. The first-order valence-corrected chi connectivity index (χ1v) is 10.5. The molecule has 1 unspecified atom stereocenters. The molecule has 4 rings (SSSR count). The van der Waals surface area contributed by atoms with Crippen LogP contribution in [0.25, 0.3) is 11.6 Å². The van der Waals surface area contributed by atoms with Gasteiger partial charge in [0.25, 0.3) is 0 Å². The van der Waals surface area contributed by atoms with Crippen molar-refractivity contribution in [3.8, 4) is 5.75 Å². The van der Waals surface area contributed by atoms with Crippen LogP contribution in [0.15, 0.2) is 24.3 Å². The normalized spacial score (nSPS) is 24.8. The molecule has 1 aromatic rings. The number of allylic oxidation sites excluding steroid dienone is 2. The first-order valence-electron chi connectivity index (χ1n) is 10.5. The van der Waals surface area contributed by atoms with Crippen molar-refractivity contribution in [1.82, 2.24) is 0 Å². The molecule has 0 saturated heterocycles. The van der Waals surface area contributed by atoms with E-state index in [1.165, 1.54) is 36.8 Å². The Balaban J connectivity index is 1.70. The van der Waals surface area contributed by atoms with Crippen LogP contribution < -0.4 is 4.74 Å². The van der Waals surface area contributed by atoms with Crippen LogP contribution in [0.5, 0.6) is 5.75 Å². The van der Waals surface area contributed by atoms with Gasteiger partial charge in [0.05, 0.1) is 16.7 Å². The number of benzene rings is 1. The number of fused-ring (bicyclic) bond motifs is 5. The van der Waals surface area contributed by atoms with Gasteiger partial charge >= 0.3 is 0 Å². The highest BCUT2D eigenvalue weighted by atomic mass is 16.5. The average Bonchev–Trinajstić information content (AvgIpc) is 2.89. The molecule has 1 aromatic carbocycles. The maximum Gasteiger partial charge on any atom is 0.235 e. The zero-order valence-corrected chi connectivity index (χ0v) is 17.1. The number of hydrogen-bond donors (Lipinski definition) is 0. The summed E-state index contributed by atoms with van der Waals surface area (Å²) in [5.74, 6) is 0.810. The van der Waals surface area contributed by atoms with Crippen molar-refractivity contribution in [3.63, 3.8) is 0 Å². The number of unbranched alkanes of at least 4 members (excludes halogenated alkanes) is 3. The van der Waals surface area contributed by atoms with Crippen LogP contribution in [0, 0.1) is 10.6 Å². The third-order valence-corrected chi connectivity index (χ3v) is 6.28. The monoisotopic (exact) mass is 365 g/mol. The summed E-state index contributed by atoms with van der Waals surface area (Å²) in [7, 11) is 0. The maximum atomic E-state index is 13.1. The van der Waals surface area contributed by atoms with Crippen molar-refractivity contribution in [2.75, 3.05) is 0 Å². The van der Waals surface area contributed by atoms with Gasteiger partial charge in [-0.2, -0.15) is 4.74 Å². The third kappa shape index (κ3) is 3.22. The summed E-state index contributed by atoms with van der Waals surface area (Å²) in [5.41, 5.74) is 4.73. The van der Waals surface area contributed by atoms with Gasteiger partial charge in [0.2, 0.25) is 11.4 Å². The first kappa shape index (κ1) is 18.3. The van der Waals surface area contributed by atoms with Gasteiger partial charge in [-0.25, -0.2) is 0 Å². The molecule has 0 bridgehead atoms. The van der Waals surface area contributed by atoms with Gasteiger partial charge in [-0.15, -0.1) is 0 Å². The summed E-state index contributed by atoms with van der Waals surface area (Å²) >= 11 is 0. The molecule has 3 aliphatic rings. The van der Waals surface area contributed by atoms with E-state index in [9.17, 15) is 5.21 Å². The minimum atomic E-state index is -0.330. The van der Waals surface area contributed by atoms with E-state index in [-0.39, 0.29) is 11.0 Å². The van der Waals surface area contributed by atoms with E-state index in [0.717, 1.165) is 46.7 Å². The Kier molecular flexibility index (Phi) is 4.44. The average molecular weight is 366 g/mol. The van der Waals surface area contributed by atoms with Crippen LogP contribution in [0.3, 0.4) is 0 Å². The SMILES string of the molecule is CCCCCCC1(C)C=C2C(=[N+]([O-])c3c2ccc2c3C=CC(C)(C)O2)CC1. The Morgan fingerprint density at radius 2 is 1.96 bits per heavy atom. The fourth-order valence-corrected chi connectivity index (χ4v) is 4.65. The molecule has 0 N–H and O–H groups in total. The molecule has 2 heterocycles. The summed E-state index contributed by atoms with van der Waals surface area (Å²) in [4.78, 5) is 0. The van der Waals surface area contributed by atoms with Crippen molar-refractivity contribution < 1.29 is 9.48 Å². The summed E-state index contributed by atoms with van der Waals surface area (Å²) in [6.45, 7) is 8.69. The summed E-state index contributed by atoms with van der Waals surface area (Å²) in [6.07, 6.45) is 14.8. The van der Waals surface area contributed by atoms with Gasteiger partial charge in [0.1, 0.15) is 11.4 Å². The van der Waals surface area contributed by atoms with E-state index in [1.54, 1.807) is 0 Å². The second-order valence-corrected chi connectivity index (χ2v) is 9.18. The van der Waals surface area contributed by atoms with Crippen LogP contribution in [0.4, 0.5) is 5.69 Å². The Bertz CT molecular complexity index is 859. The lowest BCUT2D eigenvalue weighted by molar-refractivity contribution is -0.358. The van der Waals surface area contributed by atoms with Crippen molar-refractivity contribution >= 4 is 23.0 Å². The van der Waals surface area contributed by atoms with Crippen molar-refractivity contribution in [2.24, 2.45) is 5.41 Å². The second kappa shape index (κ2) is 6.54. The van der Waals surface area contributed by atoms with Crippen molar-refractivity contribution in [1.29, 1.82) is 0 Å². The van der Waals surface area contributed by atoms with E-state index in [2.05, 4.69) is 32.1 Å². The van der Waals surface area contributed by atoms with Gasteiger partial charge in [-0.1, -0.05) is 45.6 Å². The first-order chi connectivity index (χ1) is 12.8. The Morgan fingerprint density at radius 1 is 1.15 bits per heavy atom. The Morgan fingerprint density at radius 3 is 2.74 bits per heavy atom. The molecule has 0 saturated carbocycles. The molecule has 27 heavy (non-hydrogen) atoms. The lowest BCUT2D eigenvalue weighted by atomic mass is 9.73. The molecule has 144 valence electrons. The second-order valence-electron chi connectivity index (χ2n) is 9.18. The summed E-state index contributed by atoms with van der Waals surface area (Å²) < 4.78 is 7.25. The van der Waals surface area contributed by atoms with Crippen LogP contribution in [-0.4, -0.2) is 16.1 Å². The van der Waals surface area contributed by atoms with Crippen molar-refractivity contribution in [2.45, 2.75) is 78.2 Å².